The molecule has 37 heavy (non-hydrogen) atoms. The minimum Gasteiger partial charge on any atom is -0.149 e. The van der Waals surface area contributed by atoms with Crippen molar-refractivity contribution in [1.29, 1.82) is 0 Å². The number of nitrogens with zero attached hydrogens (tertiary/aromatic N) is 4. The molecule has 0 unspecified atom stereocenters. The van der Waals surface area contributed by atoms with Crippen molar-refractivity contribution in [3.05, 3.63) is 101 Å². The number of azo groups is 2. The summed E-state index contributed by atoms with van der Waals surface area (Å²) in [6, 6.07) is 16.5. The number of hydrogen-bond donors (Lipinski definition) is 0. The van der Waals surface area contributed by atoms with Crippen LogP contribution in [0.15, 0.2) is 90.9 Å². The molecule has 0 spiro atoms. The van der Waals surface area contributed by atoms with E-state index in [0.29, 0.717) is 31.5 Å². The van der Waals surface area contributed by atoms with Gasteiger partial charge >= 0.3 is 0 Å². The highest BCUT2D eigenvalue weighted by molar-refractivity contribution is 7.99. The zero-order chi connectivity index (χ0) is 26.7. The summed E-state index contributed by atoms with van der Waals surface area (Å²) in [7, 11) is 0. The molecule has 0 fully saturated rings. The minimum absolute atomic E-state index is 0.261. The SMILES string of the molecule is Clc1cc(Cl)c(N=Nc2cc(Cl)ccc2Sc2ccc(Cl)cc2N=Nc2c(Cl)cc(Cl)cc2Cl)c(Cl)c1. The summed E-state index contributed by atoms with van der Waals surface area (Å²) in [6.45, 7) is 0. The number of benzene rings is 4. The summed E-state index contributed by atoms with van der Waals surface area (Å²) in [6.07, 6.45) is 0. The zero-order valence-electron chi connectivity index (χ0n) is 18.0. The fraction of sp³-hybridized carbons (Fsp3) is 0. The molecule has 0 aliphatic heterocycles. The van der Waals surface area contributed by atoms with Crippen LogP contribution < -0.4 is 0 Å². The van der Waals surface area contributed by atoms with Gasteiger partial charge in [-0.15, -0.1) is 20.5 Å². The van der Waals surface area contributed by atoms with E-state index >= 15 is 0 Å². The highest BCUT2D eigenvalue weighted by atomic mass is 35.5. The van der Waals surface area contributed by atoms with Crippen LogP contribution in [0.5, 0.6) is 0 Å². The van der Waals surface area contributed by atoms with Gasteiger partial charge in [0.15, 0.2) is 0 Å². The monoisotopic (exact) mass is 666 g/mol. The van der Waals surface area contributed by atoms with E-state index < -0.39 is 0 Å². The van der Waals surface area contributed by atoms with Gasteiger partial charge in [-0.05, 0) is 60.7 Å². The molecule has 0 bridgehead atoms. The maximum atomic E-state index is 6.24. The van der Waals surface area contributed by atoms with Crippen molar-refractivity contribution < 1.29 is 0 Å². The van der Waals surface area contributed by atoms with Gasteiger partial charge < -0.3 is 0 Å². The third-order valence-corrected chi connectivity index (χ3v) is 7.73. The molecule has 0 aliphatic carbocycles. The zero-order valence-corrected chi connectivity index (χ0v) is 24.9. The molecule has 0 aliphatic rings. The van der Waals surface area contributed by atoms with Gasteiger partial charge in [0, 0.05) is 29.9 Å². The summed E-state index contributed by atoms with van der Waals surface area (Å²) < 4.78 is 0. The van der Waals surface area contributed by atoms with Gasteiger partial charge in [0.25, 0.3) is 0 Å². The van der Waals surface area contributed by atoms with E-state index in [1.807, 2.05) is 0 Å². The Morgan fingerprint density at radius 2 is 0.757 bits per heavy atom. The first kappa shape index (κ1) is 28.8. The molecule has 0 heterocycles. The minimum atomic E-state index is 0.261. The highest BCUT2D eigenvalue weighted by Crippen LogP contribution is 2.44. The molecule has 0 saturated heterocycles. The molecule has 0 atom stereocenters. The number of rotatable bonds is 6. The summed E-state index contributed by atoms with van der Waals surface area (Å²) in [5.74, 6) is 0. The molecule has 0 saturated carbocycles. The lowest BCUT2D eigenvalue weighted by Gasteiger charge is -2.09. The Balaban J connectivity index is 1.70. The first-order chi connectivity index (χ1) is 17.6. The fourth-order valence-corrected chi connectivity index (χ4v) is 5.93. The lowest BCUT2D eigenvalue weighted by atomic mass is 10.3. The average Bonchev–Trinajstić information content (AvgIpc) is 2.80. The maximum absolute atomic E-state index is 6.24. The van der Waals surface area contributed by atoms with Crippen LogP contribution in [0.4, 0.5) is 22.7 Å². The molecule has 4 aromatic rings. The van der Waals surface area contributed by atoms with Crippen molar-refractivity contribution in [3.63, 3.8) is 0 Å². The van der Waals surface area contributed by atoms with E-state index in [4.69, 9.17) is 92.8 Å². The van der Waals surface area contributed by atoms with E-state index in [0.717, 1.165) is 9.79 Å². The van der Waals surface area contributed by atoms with E-state index in [1.54, 1.807) is 36.4 Å². The quantitative estimate of drug-likeness (QED) is 0.188. The lowest BCUT2D eigenvalue weighted by molar-refractivity contribution is 1.18. The molecule has 4 rings (SSSR count). The largest absolute Gasteiger partial charge is 0.149 e. The van der Waals surface area contributed by atoms with E-state index in [-0.39, 0.29) is 31.5 Å². The summed E-state index contributed by atoms with van der Waals surface area (Å²) in [5, 5.41) is 19.9. The predicted molar refractivity (Wildman–Crippen MR) is 158 cm³/mol. The number of halogens is 8. The molecule has 188 valence electrons. The van der Waals surface area contributed by atoms with Crippen molar-refractivity contribution in [2.75, 3.05) is 0 Å². The van der Waals surface area contributed by atoms with Gasteiger partial charge in [-0.25, -0.2) is 0 Å². The van der Waals surface area contributed by atoms with Gasteiger partial charge in [-0.1, -0.05) is 105 Å². The Labute approximate surface area is 256 Å². The van der Waals surface area contributed by atoms with Crippen molar-refractivity contribution in [1.82, 2.24) is 0 Å². The topological polar surface area (TPSA) is 49.4 Å². The van der Waals surface area contributed by atoms with Gasteiger partial charge in [-0.3, -0.25) is 0 Å². The Morgan fingerprint density at radius 3 is 1.11 bits per heavy atom. The molecule has 0 amide bonds. The second-order valence-corrected chi connectivity index (χ2v) is 11.6. The second kappa shape index (κ2) is 12.7. The molecular weight excluding hydrogens is 660 g/mol. The predicted octanol–water partition coefficient (Wildman–Crippen LogP) is 13.9. The summed E-state index contributed by atoms with van der Waals surface area (Å²) in [4.78, 5) is 1.44. The molecule has 4 aromatic carbocycles. The van der Waals surface area contributed by atoms with Gasteiger partial charge in [0.2, 0.25) is 0 Å². The van der Waals surface area contributed by atoms with Crippen LogP contribution >= 0.6 is 105 Å². The Hall–Kier alpha value is -1.25. The highest BCUT2D eigenvalue weighted by Gasteiger charge is 2.13. The third-order valence-electron chi connectivity index (χ3n) is 4.54. The average molecular weight is 670 g/mol. The van der Waals surface area contributed by atoms with Crippen LogP contribution in [0, 0.1) is 0 Å². The van der Waals surface area contributed by atoms with Crippen LogP contribution in [-0.4, -0.2) is 0 Å². The van der Waals surface area contributed by atoms with E-state index in [9.17, 15) is 0 Å². The summed E-state index contributed by atoms with van der Waals surface area (Å²) in [5.41, 5.74) is 1.50. The van der Waals surface area contributed by atoms with Crippen molar-refractivity contribution in [2.24, 2.45) is 20.5 Å². The van der Waals surface area contributed by atoms with Crippen LogP contribution in [0.1, 0.15) is 0 Å². The van der Waals surface area contributed by atoms with Gasteiger partial charge in [-0.2, -0.15) is 0 Å². The molecule has 0 radical (unpaired) electrons. The van der Waals surface area contributed by atoms with Crippen LogP contribution in [0.2, 0.25) is 40.2 Å². The molecule has 0 N–H and O–H groups in total. The molecule has 4 nitrogen and oxygen atoms in total. The Kier molecular flexibility index (Phi) is 9.90. The van der Waals surface area contributed by atoms with Gasteiger partial charge in [0.05, 0.1) is 20.1 Å². The summed E-state index contributed by atoms with van der Waals surface area (Å²) >= 11 is 50.7. The van der Waals surface area contributed by atoms with Crippen LogP contribution in [0.3, 0.4) is 0 Å². The second-order valence-electron chi connectivity index (χ2n) is 7.16. The third kappa shape index (κ3) is 7.45. The van der Waals surface area contributed by atoms with Gasteiger partial charge in [0.1, 0.15) is 22.7 Å². The van der Waals surface area contributed by atoms with Crippen LogP contribution in [0.25, 0.3) is 0 Å². The number of hydrogen-bond acceptors (Lipinski definition) is 5. The van der Waals surface area contributed by atoms with Crippen molar-refractivity contribution >= 4 is 127 Å². The van der Waals surface area contributed by atoms with Crippen molar-refractivity contribution in [2.45, 2.75) is 9.79 Å². The van der Waals surface area contributed by atoms with Crippen LogP contribution in [-0.2, 0) is 0 Å². The standard InChI is InChI=1S/C24H10Cl8N4S/c25-11-1-3-21(19(9-11)33-35-23-15(29)5-13(27)6-16(23)30)37-22-4-2-12(26)10-20(22)34-36-24-17(31)7-14(28)8-18(24)32/h1-10H. The maximum Gasteiger partial charge on any atom is 0.123 e. The molecule has 0 aromatic heterocycles. The first-order valence-corrected chi connectivity index (χ1v) is 13.8. The van der Waals surface area contributed by atoms with Crippen molar-refractivity contribution in [3.8, 4) is 0 Å². The lowest BCUT2D eigenvalue weighted by Crippen LogP contribution is -1.79. The Bertz CT molecular complexity index is 1400. The van der Waals surface area contributed by atoms with E-state index in [2.05, 4.69) is 20.5 Å². The normalized spacial score (nSPS) is 11.7. The first-order valence-electron chi connectivity index (χ1n) is 10.0. The van der Waals surface area contributed by atoms with E-state index in [1.165, 1.54) is 36.0 Å². The fourth-order valence-electron chi connectivity index (χ4n) is 2.90. The molecular formula is C24H10Cl8N4S. The Morgan fingerprint density at radius 1 is 0.405 bits per heavy atom. The molecule has 13 heteroatoms. The smallest absolute Gasteiger partial charge is 0.123 e.